The molecule has 2 heterocycles. The quantitative estimate of drug-likeness (QED) is 0.679. The van der Waals surface area contributed by atoms with Gasteiger partial charge in [0.15, 0.2) is 0 Å². The Balaban J connectivity index is 1.54. The lowest BCUT2D eigenvalue weighted by Gasteiger charge is -2.36. The Bertz CT molecular complexity index is 812. The van der Waals surface area contributed by atoms with E-state index in [-0.39, 0.29) is 18.1 Å². The molecule has 1 amide bonds. The van der Waals surface area contributed by atoms with Crippen LogP contribution in [0.1, 0.15) is 61.9 Å². The fourth-order valence-corrected chi connectivity index (χ4v) is 4.43. The number of ether oxygens (including phenoxy) is 1. The minimum Gasteiger partial charge on any atom is -0.489 e. The molecule has 1 aliphatic rings. The van der Waals surface area contributed by atoms with Crippen LogP contribution < -0.4 is 10.1 Å². The van der Waals surface area contributed by atoms with Crippen LogP contribution in [0.15, 0.2) is 29.8 Å². The molecule has 0 aliphatic carbocycles. The van der Waals surface area contributed by atoms with Crippen molar-refractivity contribution >= 4 is 28.8 Å². The van der Waals surface area contributed by atoms with Gasteiger partial charge in [-0.2, -0.15) is 0 Å². The maximum Gasteiger partial charge on any atom is 0.251 e. The number of hydrogen-bond donors (Lipinski definition) is 1. The summed E-state index contributed by atoms with van der Waals surface area (Å²) in [4.78, 5) is 19.3. The molecule has 1 aromatic heterocycles. The molecule has 29 heavy (non-hydrogen) atoms. The van der Waals surface area contributed by atoms with Gasteiger partial charge in [0.25, 0.3) is 5.91 Å². The topological polar surface area (TPSA) is 54.5 Å². The smallest absolute Gasteiger partial charge is 0.251 e. The zero-order valence-corrected chi connectivity index (χ0v) is 19.1. The predicted molar refractivity (Wildman–Crippen MR) is 119 cm³/mol. The Labute approximate surface area is 182 Å². The molecule has 0 bridgehead atoms. The van der Waals surface area contributed by atoms with Crippen LogP contribution in [0.2, 0.25) is 5.02 Å². The van der Waals surface area contributed by atoms with E-state index in [9.17, 15) is 4.79 Å². The predicted octanol–water partition coefficient (Wildman–Crippen LogP) is 5.18. The number of aromatic nitrogens is 1. The van der Waals surface area contributed by atoms with E-state index in [1.54, 1.807) is 24.4 Å². The van der Waals surface area contributed by atoms with E-state index in [0.29, 0.717) is 21.8 Å². The third kappa shape index (κ3) is 6.43. The first-order chi connectivity index (χ1) is 13.7. The van der Waals surface area contributed by atoms with Gasteiger partial charge in [0.1, 0.15) is 16.9 Å². The number of thiazole rings is 1. The van der Waals surface area contributed by atoms with Gasteiger partial charge in [-0.3, -0.25) is 4.79 Å². The highest BCUT2D eigenvalue weighted by atomic mass is 35.5. The van der Waals surface area contributed by atoms with Gasteiger partial charge in [0, 0.05) is 36.8 Å². The van der Waals surface area contributed by atoms with Crippen LogP contribution in [0, 0.1) is 5.41 Å². The molecule has 0 spiro atoms. The molecule has 3 rings (SSSR count). The summed E-state index contributed by atoms with van der Waals surface area (Å²) >= 11 is 7.94. The second-order valence-corrected chi connectivity index (χ2v) is 10.2. The number of nitrogens with zero attached hydrogens (tertiary/aromatic N) is 2. The van der Waals surface area contributed by atoms with Crippen molar-refractivity contribution in [1.82, 2.24) is 15.2 Å². The van der Waals surface area contributed by atoms with Crippen molar-refractivity contribution in [2.75, 3.05) is 19.6 Å². The summed E-state index contributed by atoms with van der Waals surface area (Å²) in [5, 5.41) is 6.20. The van der Waals surface area contributed by atoms with E-state index in [2.05, 4.69) is 36.0 Å². The number of likely N-dealkylation sites (tertiary alicyclic amines) is 1. The summed E-state index contributed by atoms with van der Waals surface area (Å²) in [6.07, 6.45) is 3.87. The second kappa shape index (κ2) is 9.45. The third-order valence-electron chi connectivity index (χ3n) is 4.89. The highest BCUT2D eigenvalue weighted by Gasteiger charge is 2.24. The SMILES string of the molecule is C[C@H](NC(=O)c1ccc(OC2CCN(CC(C)(C)C)CC2)c(Cl)c1)c1nccs1. The number of benzene rings is 1. The Morgan fingerprint density at radius 3 is 2.69 bits per heavy atom. The highest BCUT2D eigenvalue weighted by molar-refractivity contribution is 7.09. The molecule has 0 radical (unpaired) electrons. The first-order valence-corrected chi connectivity index (χ1v) is 11.4. The number of rotatable bonds is 6. The number of carbonyl (C=O) groups is 1. The van der Waals surface area contributed by atoms with Crippen LogP contribution in [-0.2, 0) is 0 Å². The van der Waals surface area contributed by atoms with Crippen LogP contribution in [0.25, 0.3) is 0 Å². The highest BCUT2D eigenvalue weighted by Crippen LogP contribution is 2.29. The monoisotopic (exact) mass is 435 g/mol. The lowest BCUT2D eigenvalue weighted by molar-refractivity contribution is 0.0811. The number of hydrogen-bond acceptors (Lipinski definition) is 5. The Morgan fingerprint density at radius 2 is 2.10 bits per heavy atom. The number of carbonyl (C=O) groups excluding carboxylic acids is 1. The maximum atomic E-state index is 12.5. The molecule has 1 N–H and O–H groups in total. The average molecular weight is 436 g/mol. The molecule has 1 aliphatic heterocycles. The van der Waals surface area contributed by atoms with Gasteiger partial charge in [-0.1, -0.05) is 32.4 Å². The fourth-order valence-electron chi connectivity index (χ4n) is 3.56. The molecule has 0 unspecified atom stereocenters. The average Bonchev–Trinajstić information content (AvgIpc) is 3.18. The Kier molecular flexibility index (Phi) is 7.19. The molecule has 5 nitrogen and oxygen atoms in total. The van der Waals surface area contributed by atoms with E-state index in [0.717, 1.165) is 37.5 Å². The number of piperidine rings is 1. The standard InChI is InChI=1S/C22H30ClN3O2S/c1-15(21-24-9-12-29-21)25-20(27)16-5-6-19(18(23)13-16)28-17-7-10-26(11-8-17)14-22(2,3)4/h5-6,9,12-13,15,17H,7-8,10-11,14H2,1-4H3,(H,25,27)/t15-/m0/s1. The maximum absolute atomic E-state index is 12.5. The van der Waals surface area contributed by atoms with Gasteiger partial charge >= 0.3 is 0 Å². The first-order valence-electron chi connectivity index (χ1n) is 10.1. The van der Waals surface area contributed by atoms with Gasteiger partial charge in [0.05, 0.1) is 11.1 Å². The summed E-state index contributed by atoms with van der Waals surface area (Å²) in [6.45, 7) is 11.9. The first kappa shape index (κ1) is 22.1. The summed E-state index contributed by atoms with van der Waals surface area (Å²) in [5.74, 6) is 0.474. The van der Waals surface area contributed by atoms with Gasteiger partial charge in [-0.15, -0.1) is 11.3 Å². The van der Waals surface area contributed by atoms with E-state index in [1.807, 2.05) is 12.3 Å². The zero-order chi connectivity index (χ0) is 21.0. The van der Waals surface area contributed by atoms with Crippen molar-refractivity contribution < 1.29 is 9.53 Å². The van der Waals surface area contributed by atoms with Gasteiger partial charge in [-0.25, -0.2) is 4.98 Å². The van der Waals surface area contributed by atoms with Crippen molar-refractivity contribution in [3.8, 4) is 5.75 Å². The molecule has 1 aromatic carbocycles. The van der Waals surface area contributed by atoms with Crippen LogP contribution in [0.4, 0.5) is 0 Å². The van der Waals surface area contributed by atoms with Gasteiger partial charge in [-0.05, 0) is 43.4 Å². The molecular weight excluding hydrogens is 406 g/mol. The minimum absolute atomic E-state index is 0.143. The third-order valence-corrected chi connectivity index (χ3v) is 6.14. The molecular formula is C22H30ClN3O2S. The molecule has 1 fully saturated rings. The lowest BCUT2D eigenvalue weighted by Crippen LogP contribution is -2.42. The van der Waals surface area contributed by atoms with Crippen molar-refractivity contribution in [1.29, 1.82) is 0 Å². The summed E-state index contributed by atoms with van der Waals surface area (Å²) < 4.78 is 6.14. The normalized spacial score (nSPS) is 17.1. The van der Waals surface area contributed by atoms with Crippen molar-refractivity contribution in [2.45, 2.75) is 52.7 Å². The zero-order valence-electron chi connectivity index (χ0n) is 17.6. The van der Waals surface area contributed by atoms with E-state index in [4.69, 9.17) is 16.3 Å². The minimum atomic E-state index is -0.170. The summed E-state index contributed by atoms with van der Waals surface area (Å²) in [5.41, 5.74) is 0.829. The number of nitrogens with one attached hydrogen (secondary N) is 1. The Hall–Kier alpha value is -1.63. The van der Waals surface area contributed by atoms with Gasteiger partial charge < -0.3 is 15.0 Å². The lowest BCUT2D eigenvalue weighted by atomic mass is 9.94. The van der Waals surface area contributed by atoms with Crippen LogP contribution in [0.5, 0.6) is 5.75 Å². The number of amides is 1. The Morgan fingerprint density at radius 1 is 1.38 bits per heavy atom. The number of halogens is 1. The molecule has 2 aromatic rings. The molecule has 158 valence electrons. The fraction of sp³-hybridized carbons (Fsp3) is 0.545. The van der Waals surface area contributed by atoms with Crippen molar-refractivity contribution in [2.24, 2.45) is 5.41 Å². The van der Waals surface area contributed by atoms with Crippen LogP contribution >= 0.6 is 22.9 Å². The van der Waals surface area contributed by atoms with Gasteiger partial charge in [0.2, 0.25) is 0 Å². The van der Waals surface area contributed by atoms with Crippen LogP contribution in [0.3, 0.4) is 0 Å². The van der Waals surface area contributed by atoms with E-state index in [1.165, 1.54) is 11.3 Å². The van der Waals surface area contributed by atoms with Crippen LogP contribution in [-0.4, -0.2) is 41.5 Å². The largest absolute Gasteiger partial charge is 0.489 e. The second-order valence-electron chi connectivity index (χ2n) is 8.86. The molecule has 1 saturated heterocycles. The molecule has 1 atom stereocenters. The van der Waals surface area contributed by atoms with E-state index < -0.39 is 0 Å². The summed E-state index contributed by atoms with van der Waals surface area (Å²) in [6, 6.07) is 5.10. The van der Waals surface area contributed by atoms with E-state index >= 15 is 0 Å². The summed E-state index contributed by atoms with van der Waals surface area (Å²) in [7, 11) is 0. The van der Waals surface area contributed by atoms with Crippen molar-refractivity contribution in [3.63, 3.8) is 0 Å². The molecule has 0 saturated carbocycles. The van der Waals surface area contributed by atoms with Crippen molar-refractivity contribution in [3.05, 3.63) is 45.4 Å². The molecule has 7 heteroatoms.